The Labute approximate surface area is 123 Å². The van der Waals surface area contributed by atoms with Crippen molar-refractivity contribution in [2.75, 3.05) is 13.1 Å². The number of imide groups is 1. The van der Waals surface area contributed by atoms with Crippen LogP contribution in [0.4, 0.5) is 4.79 Å². The topological polar surface area (TPSA) is 49.4 Å². The van der Waals surface area contributed by atoms with E-state index < -0.39 is 0 Å². The summed E-state index contributed by atoms with van der Waals surface area (Å²) in [6.45, 7) is 7.16. The Bertz CT molecular complexity index is 499. The molecule has 5 heteroatoms. The number of hydrogen-bond acceptors (Lipinski definition) is 3. The predicted octanol–water partition coefficient (Wildman–Crippen LogP) is 2.84. The molecular formula is C15H20N2O2S. The molecule has 4 nitrogen and oxygen atoms in total. The molecule has 0 aliphatic carbocycles. The van der Waals surface area contributed by atoms with E-state index >= 15 is 0 Å². The van der Waals surface area contributed by atoms with Crippen molar-refractivity contribution in [3.05, 3.63) is 29.8 Å². The van der Waals surface area contributed by atoms with Crippen LogP contribution in [0.3, 0.4) is 0 Å². The maximum atomic E-state index is 12.2. The highest BCUT2D eigenvalue weighted by atomic mass is 32.2. The van der Waals surface area contributed by atoms with Crippen LogP contribution in [0, 0.1) is 0 Å². The molecule has 1 aromatic carbocycles. The van der Waals surface area contributed by atoms with E-state index in [9.17, 15) is 9.59 Å². The first-order valence-corrected chi connectivity index (χ1v) is 7.73. The van der Waals surface area contributed by atoms with Crippen LogP contribution in [0.2, 0.25) is 0 Å². The molecule has 1 heterocycles. The minimum absolute atomic E-state index is 0.127. The Morgan fingerprint density at radius 2 is 1.90 bits per heavy atom. The molecule has 0 unspecified atom stereocenters. The number of urea groups is 1. The second-order valence-corrected chi connectivity index (χ2v) is 6.62. The summed E-state index contributed by atoms with van der Waals surface area (Å²) in [5.74, 6) is 0.374. The Morgan fingerprint density at radius 3 is 2.40 bits per heavy atom. The van der Waals surface area contributed by atoms with Gasteiger partial charge in [-0.2, -0.15) is 0 Å². The van der Waals surface area contributed by atoms with E-state index in [4.69, 9.17) is 0 Å². The molecule has 0 bridgehead atoms. The number of thioether (sulfide) groups is 1. The molecule has 3 amide bonds. The third-order valence-electron chi connectivity index (χ3n) is 3.33. The largest absolute Gasteiger partial charge is 0.336 e. The summed E-state index contributed by atoms with van der Waals surface area (Å²) < 4.78 is 0. The Morgan fingerprint density at radius 1 is 1.25 bits per heavy atom. The summed E-state index contributed by atoms with van der Waals surface area (Å²) in [7, 11) is 0. The smallest absolute Gasteiger partial charge is 0.324 e. The van der Waals surface area contributed by atoms with Crippen LogP contribution in [0.5, 0.6) is 0 Å². The molecule has 1 aromatic rings. The first-order chi connectivity index (χ1) is 9.49. The van der Waals surface area contributed by atoms with Gasteiger partial charge in [-0.15, -0.1) is 11.8 Å². The van der Waals surface area contributed by atoms with Crippen molar-refractivity contribution >= 4 is 23.7 Å². The van der Waals surface area contributed by atoms with Crippen LogP contribution in [-0.4, -0.2) is 35.2 Å². The van der Waals surface area contributed by atoms with E-state index in [0.29, 0.717) is 19.0 Å². The first-order valence-electron chi connectivity index (χ1n) is 6.85. The second kappa shape index (κ2) is 6.31. The van der Waals surface area contributed by atoms with Crippen molar-refractivity contribution in [2.24, 2.45) is 0 Å². The zero-order chi connectivity index (χ0) is 14.7. The summed E-state index contributed by atoms with van der Waals surface area (Å²) in [6.07, 6.45) is 0. The summed E-state index contributed by atoms with van der Waals surface area (Å²) in [4.78, 5) is 26.0. The molecule has 1 aliphatic rings. The van der Waals surface area contributed by atoms with Crippen LogP contribution < -0.4 is 5.32 Å². The first kappa shape index (κ1) is 14.9. The van der Waals surface area contributed by atoms with Crippen molar-refractivity contribution in [3.63, 3.8) is 0 Å². The van der Waals surface area contributed by atoms with Crippen molar-refractivity contribution in [2.45, 2.75) is 36.8 Å². The number of rotatable bonds is 4. The number of hydrogen-bond donors (Lipinski definition) is 1. The van der Waals surface area contributed by atoms with Crippen LogP contribution in [-0.2, 0) is 4.79 Å². The van der Waals surface area contributed by atoms with Gasteiger partial charge < -0.3 is 5.32 Å². The molecule has 1 aliphatic heterocycles. The average molecular weight is 292 g/mol. The van der Waals surface area contributed by atoms with Crippen LogP contribution >= 0.6 is 11.8 Å². The number of nitrogens with one attached hydrogen (secondary N) is 1. The summed E-state index contributed by atoms with van der Waals surface area (Å²) in [5.41, 5.74) is 1.28. The lowest BCUT2D eigenvalue weighted by atomic mass is 10.0. The van der Waals surface area contributed by atoms with E-state index in [0.717, 1.165) is 4.90 Å². The molecular weight excluding hydrogens is 272 g/mol. The molecule has 108 valence electrons. The maximum Gasteiger partial charge on any atom is 0.324 e. The van der Waals surface area contributed by atoms with Gasteiger partial charge in [-0.3, -0.25) is 9.69 Å². The molecule has 1 fully saturated rings. The summed E-state index contributed by atoms with van der Waals surface area (Å²) in [6, 6.07) is 7.97. The third-order valence-corrected chi connectivity index (χ3v) is 4.43. The van der Waals surface area contributed by atoms with Gasteiger partial charge >= 0.3 is 6.03 Å². The second-order valence-electron chi connectivity index (χ2n) is 5.21. The molecule has 0 radical (unpaired) electrons. The minimum atomic E-state index is -0.280. The molecule has 1 saturated heterocycles. The van der Waals surface area contributed by atoms with Gasteiger partial charge in [-0.05, 0) is 30.5 Å². The van der Waals surface area contributed by atoms with Gasteiger partial charge in [-0.25, -0.2) is 4.79 Å². The number of nitrogens with zero attached hydrogens (tertiary/aromatic N) is 1. The monoisotopic (exact) mass is 292 g/mol. The zero-order valence-corrected chi connectivity index (χ0v) is 12.9. The van der Waals surface area contributed by atoms with Gasteiger partial charge in [0.2, 0.25) is 5.91 Å². The fraction of sp³-hybridized carbons (Fsp3) is 0.467. The lowest BCUT2D eigenvalue weighted by molar-refractivity contribution is -0.126. The molecule has 0 spiro atoms. The molecule has 1 N–H and O–H groups in total. The Balaban J connectivity index is 1.98. The molecule has 0 saturated carbocycles. The van der Waals surface area contributed by atoms with E-state index in [-0.39, 0.29) is 17.2 Å². The summed E-state index contributed by atoms with van der Waals surface area (Å²) >= 11 is 1.49. The maximum absolute atomic E-state index is 12.2. The van der Waals surface area contributed by atoms with Crippen molar-refractivity contribution < 1.29 is 9.59 Å². The van der Waals surface area contributed by atoms with Gasteiger partial charge in [0.25, 0.3) is 0 Å². The van der Waals surface area contributed by atoms with Crippen LogP contribution in [0.25, 0.3) is 0 Å². The number of amides is 3. The average Bonchev–Trinajstić information content (AvgIpc) is 2.84. The number of benzene rings is 1. The highest BCUT2D eigenvalue weighted by Gasteiger charge is 2.29. The van der Waals surface area contributed by atoms with E-state index in [1.165, 1.54) is 22.2 Å². The highest BCUT2D eigenvalue weighted by molar-refractivity contribution is 8.00. The normalized spacial score (nSPS) is 16.4. The van der Waals surface area contributed by atoms with Gasteiger partial charge in [0.15, 0.2) is 0 Å². The fourth-order valence-electron chi connectivity index (χ4n) is 2.09. The van der Waals surface area contributed by atoms with E-state index in [2.05, 4.69) is 31.3 Å². The van der Waals surface area contributed by atoms with Gasteiger partial charge in [0, 0.05) is 18.0 Å². The fourth-order valence-corrected chi connectivity index (χ4v) is 3.02. The van der Waals surface area contributed by atoms with Crippen molar-refractivity contribution in [3.8, 4) is 0 Å². The lowest BCUT2D eigenvalue weighted by Crippen LogP contribution is -2.38. The van der Waals surface area contributed by atoms with E-state index in [1.807, 2.05) is 19.1 Å². The standard InChI is InChI=1S/C15H20N2O2S/c1-10(2)12-4-6-13(7-5-12)20-11(3)14(18)17-9-8-16-15(17)19/h4-7,10-11H,8-9H2,1-3H3,(H,16,19)/t11-/m0/s1. The summed E-state index contributed by atoms with van der Waals surface area (Å²) in [5, 5.41) is 2.39. The molecule has 20 heavy (non-hydrogen) atoms. The predicted molar refractivity (Wildman–Crippen MR) is 81.0 cm³/mol. The third kappa shape index (κ3) is 3.33. The van der Waals surface area contributed by atoms with Crippen molar-refractivity contribution in [1.29, 1.82) is 0 Å². The minimum Gasteiger partial charge on any atom is -0.336 e. The molecule has 0 aromatic heterocycles. The Hall–Kier alpha value is -1.49. The quantitative estimate of drug-likeness (QED) is 0.868. The van der Waals surface area contributed by atoms with Crippen LogP contribution in [0.15, 0.2) is 29.2 Å². The van der Waals surface area contributed by atoms with Gasteiger partial charge in [-0.1, -0.05) is 26.0 Å². The molecule has 2 rings (SSSR count). The van der Waals surface area contributed by atoms with Crippen molar-refractivity contribution in [1.82, 2.24) is 10.2 Å². The van der Waals surface area contributed by atoms with E-state index in [1.54, 1.807) is 0 Å². The highest BCUT2D eigenvalue weighted by Crippen LogP contribution is 2.26. The SMILES string of the molecule is CC(C)c1ccc(S[C@@H](C)C(=O)N2CCNC2=O)cc1. The zero-order valence-electron chi connectivity index (χ0n) is 12.1. The van der Waals surface area contributed by atoms with Crippen LogP contribution in [0.1, 0.15) is 32.3 Å². The number of carbonyl (C=O) groups excluding carboxylic acids is 2. The number of carbonyl (C=O) groups is 2. The lowest BCUT2D eigenvalue weighted by Gasteiger charge is -2.17. The molecule has 1 atom stereocenters. The Kier molecular flexibility index (Phi) is 4.70. The van der Waals surface area contributed by atoms with Gasteiger partial charge in [0.05, 0.1) is 5.25 Å². The van der Waals surface area contributed by atoms with Gasteiger partial charge in [0.1, 0.15) is 0 Å².